The highest BCUT2D eigenvalue weighted by Gasteiger charge is 2.34. The molecule has 1 aromatic heterocycles. The van der Waals surface area contributed by atoms with Crippen LogP contribution in [-0.4, -0.2) is 11.5 Å². The Balaban J connectivity index is 3.03. The number of pyridine rings is 1. The molecular weight excluding hydrogens is 241 g/mol. The smallest absolute Gasteiger partial charge is 0.310 e. The predicted octanol–water partition coefficient (Wildman–Crippen LogP) is 3.94. The molecule has 0 saturated carbocycles. The van der Waals surface area contributed by atoms with Crippen molar-refractivity contribution in [3.8, 4) is 0 Å². The molecule has 18 heavy (non-hydrogen) atoms. The molecule has 102 valence electrons. The van der Waals surface area contributed by atoms with Crippen molar-refractivity contribution in [1.82, 2.24) is 10.3 Å². The second kappa shape index (κ2) is 6.73. The molecule has 0 saturated heterocycles. The molecule has 0 aliphatic rings. The first-order chi connectivity index (χ1) is 8.50. The number of hydrogen-bond acceptors (Lipinski definition) is 2. The third-order valence-electron chi connectivity index (χ3n) is 2.75. The van der Waals surface area contributed by atoms with Gasteiger partial charge in [-0.15, -0.1) is 0 Å². The van der Waals surface area contributed by atoms with E-state index in [1.165, 1.54) is 12.4 Å². The first-order valence-corrected chi connectivity index (χ1v) is 6.25. The molecule has 0 bridgehead atoms. The lowest BCUT2D eigenvalue weighted by molar-refractivity contribution is -0.138. The van der Waals surface area contributed by atoms with Crippen LogP contribution in [0, 0.1) is 0 Å². The predicted molar refractivity (Wildman–Crippen MR) is 65.2 cm³/mol. The van der Waals surface area contributed by atoms with Crippen LogP contribution in [0.1, 0.15) is 50.3 Å². The highest BCUT2D eigenvalue weighted by atomic mass is 19.4. The zero-order chi connectivity index (χ0) is 13.6. The molecule has 1 N–H and O–H groups in total. The maximum atomic E-state index is 12.9. The lowest BCUT2D eigenvalue weighted by atomic mass is 9.98. The molecule has 1 aromatic rings. The quantitative estimate of drug-likeness (QED) is 0.838. The molecule has 0 spiro atoms. The third kappa shape index (κ3) is 3.98. The molecule has 0 fully saturated rings. The number of alkyl halides is 3. The molecule has 1 unspecified atom stereocenters. The molecule has 2 nitrogen and oxygen atoms in total. The van der Waals surface area contributed by atoms with Gasteiger partial charge in [0, 0.05) is 18.4 Å². The summed E-state index contributed by atoms with van der Waals surface area (Å²) in [4.78, 5) is 3.83. The van der Waals surface area contributed by atoms with E-state index >= 15 is 0 Å². The maximum absolute atomic E-state index is 12.9. The van der Waals surface area contributed by atoms with Crippen molar-refractivity contribution in [2.45, 2.75) is 45.3 Å². The normalized spacial score (nSPS) is 13.6. The van der Waals surface area contributed by atoms with Crippen molar-refractivity contribution in [3.05, 3.63) is 29.6 Å². The van der Waals surface area contributed by atoms with E-state index in [1.807, 2.05) is 13.8 Å². The summed E-state index contributed by atoms with van der Waals surface area (Å²) in [5.41, 5.74) is -0.333. The minimum Gasteiger partial charge on any atom is -0.310 e. The number of rotatable bonds is 6. The fourth-order valence-corrected chi connectivity index (χ4v) is 1.92. The summed E-state index contributed by atoms with van der Waals surface area (Å²) in [6.07, 6.45) is 0.587. The van der Waals surface area contributed by atoms with Gasteiger partial charge >= 0.3 is 6.18 Å². The number of aromatic nitrogens is 1. The Morgan fingerprint density at radius 3 is 2.56 bits per heavy atom. The van der Waals surface area contributed by atoms with Crippen LogP contribution in [0.3, 0.4) is 0 Å². The Morgan fingerprint density at radius 2 is 2.00 bits per heavy atom. The lowest BCUT2D eigenvalue weighted by Crippen LogP contribution is -2.25. The summed E-state index contributed by atoms with van der Waals surface area (Å²) in [6.45, 7) is 4.66. The van der Waals surface area contributed by atoms with Gasteiger partial charge in [0.2, 0.25) is 0 Å². The van der Waals surface area contributed by atoms with Gasteiger partial charge < -0.3 is 5.32 Å². The van der Waals surface area contributed by atoms with Crippen LogP contribution in [-0.2, 0) is 6.18 Å². The average molecular weight is 260 g/mol. The van der Waals surface area contributed by atoms with E-state index in [0.717, 1.165) is 18.9 Å². The largest absolute Gasteiger partial charge is 0.416 e. The van der Waals surface area contributed by atoms with Crippen molar-refractivity contribution in [2.75, 3.05) is 6.54 Å². The summed E-state index contributed by atoms with van der Waals surface area (Å²) in [5, 5.41) is 3.16. The molecule has 1 heterocycles. The van der Waals surface area contributed by atoms with Gasteiger partial charge in [-0.2, -0.15) is 13.2 Å². The minimum atomic E-state index is -4.32. The van der Waals surface area contributed by atoms with E-state index in [2.05, 4.69) is 10.3 Å². The van der Waals surface area contributed by atoms with Gasteiger partial charge in [0.15, 0.2) is 0 Å². The number of nitrogens with zero attached hydrogens (tertiary/aromatic N) is 1. The van der Waals surface area contributed by atoms with Gasteiger partial charge in [-0.3, -0.25) is 4.98 Å². The summed E-state index contributed by atoms with van der Waals surface area (Å²) in [7, 11) is 0. The summed E-state index contributed by atoms with van der Waals surface area (Å²) in [5.74, 6) is 0. The molecule has 5 heteroatoms. The zero-order valence-electron chi connectivity index (χ0n) is 10.7. The van der Waals surface area contributed by atoms with Crippen molar-refractivity contribution in [3.63, 3.8) is 0 Å². The summed E-state index contributed by atoms with van der Waals surface area (Å²) >= 11 is 0. The molecule has 0 aliphatic heterocycles. The van der Waals surface area contributed by atoms with E-state index in [4.69, 9.17) is 0 Å². The van der Waals surface area contributed by atoms with Crippen LogP contribution in [0.4, 0.5) is 13.2 Å². The van der Waals surface area contributed by atoms with Crippen LogP contribution in [0.15, 0.2) is 18.5 Å². The number of nitrogens with one attached hydrogen (secondary N) is 1. The second-order valence-corrected chi connectivity index (χ2v) is 4.26. The van der Waals surface area contributed by atoms with E-state index in [-0.39, 0.29) is 11.6 Å². The highest BCUT2D eigenvalue weighted by Crippen LogP contribution is 2.35. The van der Waals surface area contributed by atoms with Gasteiger partial charge in [-0.25, -0.2) is 0 Å². The number of halogens is 3. The Kier molecular flexibility index (Phi) is 5.59. The average Bonchev–Trinajstić information content (AvgIpc) is 2.33. The lowest BCUT2D eigenvalue weighted by Gasteiger charge is -2.22. The monoisotopic (exact) mass is 260 g/mol. The molecule has 0 aliphatic carbocycles. The third-order valence-corrected chi connectivity index (χ3v) is 2.75. The van der Waals surface area contributed by atoms with Gasteiger partial charge in [0.05, 0.1) is 5.56 Å². The Hall–Kier alpha value is -1.10. The molecule has 1 atom stereocenters. The van der Waals surface area contributed by atoms with Crippen molar-refractivity contribution in [1.29, 1.82) is 0 Å². The van der Waals surface area contributed by atoms with Gasteiger partial charge in [0.25, 0.3) is 0 Å². The van der Waals surface area contributed by atoms with Crippen LogP contribution in [0.5, 0.6) is 0 Å². The molecule has 0 aromatic carbocycles. The summed E-state index contributed by atoms with van der Waals surface area (Å²) in [6, 6.07) is 0.770. The minimum absolute atomic E-state index is 0.250. The molecular formula is C13H19F3N2. The van der Waals surface area contributed by atoms with Crippen molar-refractivity contribution >= 4 is 0 Å². The molecule has 1 rings (SSSR count). The highest BCUT2D eigenvalue weighted by molar-refractivity contribution is 5.29. The van der Waals surface area contributed by atoms with Crippen LogP contribution >= 0.6 is 0 Å². The fraction of sp³-hybridized carbons (Fsp3) is 0.615. The van der Waals surface area contributed by atoms with Gasteiger partial charge in [0.1, 0.15) is 0 Å². The van der Waals surface area contributed by atoms with Crippen LogP contribution < -0.4 is 5.32 Å². The van der Waals surface area contributed by atoms with Crippen LogP contribution in [0.25, 0.3) is 0 Å². The van der Waals surface area contributed by atoms with Gasteiger partial charge in [-0.05, 0) is 31.0 Å². The molecule has 0 amide bonds. The first kappa shape index (κ1) is 15.0. The fourth-order valence-electron chi connectivity index (χ4n) is 1.92. The first-order valence-electron chi connectivity index (χ1n) is 6.25. The van der Waals surface area contributed by atoms with Crippen LogP contribution in [0.2, 0.25) is 0 Å². The number of hydrogen-bond donors (Lipinski definition) is 1. The Labute approximate surface area is 106 Å². The summed E-state index contributed by atoms with van der Waals surface area (Å²) < 4.78 is 38.7. The standard InChI is InChI=1S/C13H19F3N2/c1-3-5-12(18-7-4-2)10-9-17-8-6-11(10)13(14,15)16/h6,8-9,12,18H,3-5,7H2,1-2H3. The van der Waals surface area contributed by atoms with E-state index in [9.17, 15) is 13.2 Å². The van der Waals surface area contributed by atoms with Gasteiger partial charge in [-0.1, -0.05) is 20.3 Å². The molecule has 0 radical (unpaired) electrons. The zero-order valence-corrected chi connectivity index (χ0v) is 10.7. The Morgan fingerprint density at radius 1 is 1.28 bits per heavy atom. The van der Waals surface area contributed by atoms with E-state index in [0.29, 0.717) is 13.0 Å². The SMILES string of the molecule is CCCNC(CCC)c1cnccc1C(F)(F)F. The maximum Gasteiger partial charge on any atom is 0.416 e. The van der Waals surface area contributed by atoms with Crippen molar-refractivity contribution < 1.29 is 13.2 Å². The second-order valence-electron chi connectivity index (χ2n) is 4.26. The Bertz CT molecular complexity index is 363. The van der Waals surface area contributed by atoms with Crippen molar-refractivity contribution in [2.24, 2.45) is 0 Å². The van der Waals surface area contributed by atoms with E-state index < -0.39 is 11.7 Å². The topological polar surface area (TPSA) is 24.9 Å². The van der Waals surface area contributed by atoms with E-state index in [1.54, 1.807) is 0 Å².